The maximum atomic E-state index is 11.5. The van der Waals surface area contributed by atoms with Gasteiger partial charge >= 0.3 is 5.97 Å². The van der Waals surface area contributed by atoms with Crippen molar-refractivity contribution in [3.05, 3.63) is 28.6 Å². The van der Waals surface area contributed by atoms with Crippen molar-refractivity contribution in [1.82, 2.24) is 4.90 Å². The lowest BCUT2D eigenvalue weighted by molar-refractivity contribution is 0.0384. The fraction of sp³-hybridized carbons (Fsp3) is 0.438. The number of carboxylic acid groups (broad SMARTS) is 1. The number of carboxylic acids is 1. The summed E-state index contributed by atoms with van der Waals surface area (Å²) in [5.74, 6) is -0.0948. The number of rotatable bonds is 5. The molecule has 0 unspecified atom stereocenters. The molecule has 6 heteroatoms. The van der Waals surface area contributed by atoms with Gasteiger partial charge in [-0.15, -0.1) is 11.3 Å². The number of morpholine rings is 1. The molecule has 0 spiro atoms. The molecule has 3 rings (SSSR count). The summed E-state index contributed by atoms with van der Waals surface area (Å²) < 4.78 is 11.5. The third-order valence-electron chi connectivity index (χ3n) is 3.98. The van der Waals surface area contributed by atoms with Gasteiger partial charge in [0.25, 0.3) is 0 Å². The third-order valence-corrected chi connectivity index (χ3v) is 5.16. The molecule has 1 N–H and O–H groups in total. The Labute approximate surface area is 133 Å². The number of methoxy groups -OCH3 is 1. The Bertz CT molecular complexity index is 676. The average Bonchev–Trinajstić information content (AvgIpc) is 2.91. The predicted octanol–water partition coefficient (Wildman–Crippen LogP) is 2.48. The Balaban J connectivity index is 1.88. The largest absolute Gasteiger partial charge is 0.497 e. The van der Waals surface area contributed by atoms with Crippen molar-refractivity contribution in [1.29, 1.82) is 0 Å². The molecule has 0 bridgehead atoms. The minimum Gasteiger partial charge on any atom is -0.497 e. The molecule has 1 aromatic heterocycles. The van der Waals surface area contributed by atoms with Crippen molar-refractivity contribution in [2.45, 2.75) is 6.42 Å². The van der Waals surface area contributed by atoms with Crippen molar-refractivity contribution >= 4 is 27.4 Å². The van der Waals surface area contributed by atoms with Crippen LogP contribution < -0.4 is 4.74 Å². The fourth-order valence-corrected chi connectivity index (χ4v) is 3.89. The molecular formula is C16H19NO4S. The lowest BCUT2D eigenvalue weighted by Crippen LogP contribution is -2.37. The number of ether oxygens (including phenoxy) is 2. The van der Waals surface area contributed by atoms with Crippen molar-refractivity contribution in [2.24, 2.45) is 0 Å². The van der Waals surface area contributed by atoms with Crippen LogP contribution in [0.25, 0.3) is 10.1 Å². The van der Waals surface area contributed by atoms with Gasteiger partial charge in [-0.3, -0.25) is 4.90 Å². The number of benzene rings is 1. The number of aromatic carboxylic acids is 1. The van der Waals surface area contributed by atoms with E-state index in [-0.39, 0.29) is 0 Å². The third kappa shape index (κ3) is 3.09. The van der Waals surface area contributed by atoms with Gasteiger partial charge < -0.3 is 14.6 Å². The lowest BCUT2D eigenvalue weighted by Gasteiger charge is -2.26. The molecule has 5 nitrogen and oxygen atoms in total. The maximum Gasteiger partial charge on any atom is 0.346 e. The van der Waals surface area contributed by atoms with Gasteiger partial charge in [0.15, 0.2) is 0 Å². The summed E-state index contributed by atoms with van der Waals surface area (Å²) in [6.45, 7) is 4.21. The number of thiophene rings is 1. The molecule has 2 heterocycles. The van der Waals surface area contributed by atoms with Crippen LogP contribution in [0.3, 0.4) is 0 Å². The van der Waals surface area contributed by atoms with Gasteiger partial charge in [0.2, 0.25) is 0 Å². The summed E-state index contributed by atoms with van der Waals surface area (Å²) >= 11 is 1.33. The van der Waals surface area contributed by atoms with Gasteiger partial charge in [-0.05, 0) is 35.6 Å². The molecule has 22 heavy (non-hydrogen) atoms. The molecule has 2 aromatic rings. The van der Waals surface area contributed by atoms with Crippen molar-refractivity contribution in [3.8, 4) is 5.75 Å². The van der Waals surface area contributed by atoms with Crippen LogP contribution in [0, 0.1) is 0 Å². The zero-order valence-electron chi connectivity index (χ0n) is 12.5. The molecule has 118 valence electrons. The zero-order valence-corrected chi connectivity index (χ0v) is 13.3. The first-order valence-corrected chi connectivity index (χ1v) is 8.13. The summed E-state index contributed by atoms with van der Waals surface area (Å²) in [6, 6.07) is 5.76. The number of hydrogen-bond acceptors (Lipinski definition) is 5. The van der Waals surface area contributed by atoms with Gasteiger partial charge in [0.05, 0.1) is 20.3 Å². The molecule has 1 aliphatic heterocycles. The average molecular weight is 321 g/mol. The molecule has 1 aliphatic rings. The molecule has 1 fully saturated rings. The first kappa shape index (κ1) is 15.3. The minimum absolute atomic E-state index is 0.441. The van der Waals surface area contributed by atoms with E-state index in [0.717, 1.165) is 60.7 Å². The highest BCUT2D eigenvalue weighted by atomic mass is 32.1. The van der Waals surface area contributed by atoms with E-state index in [1.54, 1.807) is 7.11 Å². The van der Waals surface area contributed by atoms with Crippen LogP contribution in [0.1, 0.15) is 15.2 Å². The van der Waals surface area contributed by atoms with Crippen LogP contribution in [-0.2, 0) is 11.2 Å². The van der Waals surface area contributed by atoms with Crippen LogP contribution in [0.15, 0.2) is 18.2 Å². The molecule has 1 saturated heterocycles. The first-order valence-electron chi connectivity index (χ1n) is 7.32. The van der Waals surface area contributed by atoms with Crippen LogP contribution in [0.4, 0.5) is 0 Å². The second-order valence-corrected chi connectivity index (χ2v) is 6.33. The Hall–Kier alpha value is -1.63. The van der Waals surface area contributed by atoms with Gasteiger partial charge in [0, 0.05) is 24.3 Å². The van der Waals surface area contributed by atoms with Crippen LogP contribution >= 0.6 is 11.3 Å². The normalized spacial score (nSPS) is 16.0. The van der Waals surface area contributed by atoms with Crippen LogP contribution in [0.5, 0.6) is 5.75 Å². The quantitative estimate of drug-likeness (QED) is 0.917. The standard InChI is InChI=1S/C16H19NO4S/c1-20-11-2-3-12-13(4-5-17-6-8-21-9-7-17)15(16(18)19)22-14(12)10-11/h2-3,10H,4-9H2,1H3,(H,18,19). The molecule has 0 radical (unpaired) electrons. The Morgan fingerprint density at radius 3 is 2.86 bits per heavy atom. The number of hydrogen-bond donors (Lipinski definition) is 1. The topological polar surface area (TPSA) is 59.0 Å². The molecule has 0 saturated carbocycles. The second kappa shape index (κ2) is 6.64. The number of nitrogens with zero attached hydrogens (tertiary/aromatic N) is 1. The Morgan fingerprint density at radius 2 is 2.18 bits per heavy atom. The summed E-state index contributed by atoms with van der Waals surface area (Å²) in [4.78, 5) is 14.3. The summed E-state index contributed by atoms with van der Waals surface area (Å²) in [5.41, 5.74) is 0.932. The van der Waals surface area contributed by atoms with Crippen molar-refractivity contribution < 1.29 is 19.4 Å². The van der Waals surface area contributed by atoms with Gasteiger partial charge in [-0.1, -0.05) is 0 Å². The first-order chi connectivity index (χ1) is 10.7. The highest BCUT2D eigenvalue weighted by molar-refractivity contribution is 7.21. The van der Waals surface area contributed by atoms with Gasteiger partial charge in [-0.2, -0.15) is 0 Å². The molecule has 1 aromatic carbocycles. The van der Waals surface area contributed by atoms with E-state index >= 15 is 0 Å². The summed E-state index contributed by atoms with van der Waals surface area (Å²) in [6.07, 6.45) is 0.744. The molecule has 0 amide bonds. The van der Waals surface area contributed by atoms with Gasteiger partial charge in [-0.25, -0.2) is 4.79 Å². The smallest absolute Gasteiger partial charge is 0.346 e. The van der Waals surface area contributed by atoms with Crippen LogP contribution in [-0.4, -0.2) is 55.9 Å². The maximum absolute atomic E-state index is 11.5. The van der Waals surface area contributed by atoms with E-state index in [9.17, 15) is 9.90 Å². The highest BCUT2D eigenvalue weighted by Gasteiger charge is 2.19. The van der Waals surface area contributed by atoms with E-state index in [2.05, 4.69) is 4.90 Å². The van der Waals surface area contributed by atoms with E-state index in [1.807, 2.05) is 18.2 Å². The van der Waals surface area contributed by atoms with E-state index < -0.39 is 5.97 Å². The Kier molecular flexibility index (Phi) is 4.61. The summed E-state index contributed by atoms with van der Waals surface area (Å²) in [5, 5.41) is 10.5. The van der Waals surface area contributed by atoms with E-state index in [4.69, 9.17) is 9.47 Å². The van der Waals surface area contributed by atoms with E-state index in [1.165, 1.54) is 11.3 Å². The molecule has 0 aliphatic carbocycles. The fourth-order valence-electron chi connectivity index (χ4n) is 2.77. The SMILES string of the molecule is COc1ccc2c(CCN3CCOCC3)c(C(=O)O)sc2c1. The summed E-state index contributed by atoms with van der Waals surface area (Å²) in [7, 11) is 1.62. The predicted molar refractivity (Wildman–Crippen MR) is 86.3 cm³/mol. The van der Waals surface area contributed by atoms with Crippen LogP contribution in [0.2, 0.25) is 0 Å². The zero-order chi connectivity index (χ0) is 15.5. The second-order valence-electron chi connectivity index (χ2n) is 5.28. The Morgan fingerprint density at radius 1 is 1.41 bits per heavy atom. The molecule has 0 atom stereocenters. The van der Waals surface area contributed by atoms with Gasteiger partial charge in [0.1, 0.15) is 10.6 Å². The molecular weight excluding hydrogens is 302 g/mol. The van der Waals surface area contributed by atoms with Crippen molar-refractivity contribution in [2.75, 3.05) is 40.0 Å². The monoisotopic (exact) mass is 321 g/mol. The highest BCUT2D eigenvalue weighted by Crippen LogP contribution is 2.34. The van der Waals surface area contributed by atoms with Crippen molar-refractivity contribution in [3.63, 3.8) is 0 Å². The lowest BCUT2D eigenvalue weighted by atomic mass is 10.1. The number of fused-ring (bicyclic) bond motifs is 1. The minimum atomic E-state index is -0.850. The van der Waals surface area contributed by atoms with E-state index in [0.29, 0.717) is 4.88 Å². The number of carbonyl (C=O) groups is 1.